The van der Waals surface area contributed by atoms with Crippen molar-refractivity contribution in [2.24, 2.45) is 0 Å². The molecule has 2 rings (SSSR count). The van der Waals surface area contributed by atoms with E-state index in [2.05, 4.69) is 0 Å². The summed E-state index contributed by atoms with van der Waals surface area (Å²) in [5.74, 6) is 0.210. The highest BCUT2D eigenvalue weighted by Crippen LogP contribution is 2.31. The second-order valence-electron chi connectivity index (χ2n) is 3.90. The lowest BCUT2D eigenvalue weighted by atomic mass is 10.0. The largest absolute Gasteiger partial charge is 0.387 e. The van der Waals surface area contributed by atoms with Gasteiger partial charge < -0.3 is 5.11 Å². The van der Waals surface area contributed by atoms with Crippen LogP contribution in [0.15, 0.2) is 30.3 Å². The van der Waals surface area contributed by atoms with Gasteiger partial charge in [-0.3, -0.25) is 0 Å². The fourth-order valence-corrected chi connectivity index (χ4v) is 3.98. The molecule has 0 unspecified atom stereocenters. The van der Waals surface area contributed by atoms with Gasteiger partial charge in [-0.2, -0.15) is 0 Å². The lowest BCUT2D eigenvalue weighted by Gasteiger charge is -2.17. The highest BCUT2D eigenvalue weighted by Gasteiger charge is 2.37. The first-order chi connectivity index (χ1) is 7.11. The van der Waals surface area contributed by atoms with Crippen LogP contribution in [-0.2, 0) is 9.84 Å². The van der Waals surface area contributed by atoms with Crippen molar-refractivity contribution in [3.05, 3.63) is 35.9 Å². The lowest BCUT2D eigenvalue weighted by molar-refractivity contribution is 0.170. The number of benzene rings is 1. The van der Waals surface area contributed by atoms with Gasteiger partial charge in [-0.25, -0.2) is 8.42 Å². The number of hydrogen-bond acceptors (Lipinski definition) is 3. The Bertz CT molecular complexity index is 424. The minimum atomic E-state index is -3.08. The van der Waals surface area contributed by atoms with Crippen LogP contribution in [0.4, 0.5) is 0 Å². The van der Waals surface area contributed by atoms with Crippen LogP contribution in [0.5, 0.6) is 0 Å². The summed E-state index contributed by atoms with van der Waals surface area (Å²) in [5, 5.41) is 9.37. The molecule has 82 valence electrons. The van der Waals surface area contributed by atoms with Crippen LogP contribution in [0.3, 0.4) is 0 Å². The Balaban J connectivity index is 2.26. The number of rotatable bonds is 2. The molecule has 1 N–H and O–H groups in total. The van der Waals surface area contributed by atoms with Gasteiger partial charge in [-0.1, -0.05) is 30.3 Å². The molecule has 0 bridgehead atoms. The molecule has 1 saturated heterocycles. The van der Waals surface area contributed by atoms with Crippen LogP contribution in [0.25, 0.3) is 0 Å². The van der Waals surface area contributed by atoms with Crippen molar-refractivity contribution in [3.63, 3.8) is 0 Å². The molecule has 0 spiro atoms. The second kappa shape index (κ2) is 3.94. The van der Waals surface area contributed by atoms with Crippen LogP contribution in [0.2, 0.25) is 0 Å². The third kappa shape index (κ3) is 2.06. The van der Waals surface area contributed by atoms with Gasteiger partial charge in [0.25, 0.3) is 0 Å². The first-order valence-electron chi connectivity index (χ1n) is 5.06. The molecule has 0 amide bonds. The predicted octanol–water partition coefficient (Wildman–Crippen LogP) is 1.30. The van der Waals surface area contributed by atoms with E-state index >= 15 is 0 Å². The van der Waals surface area contributed by atoms with Gasteiger partial charge >= 0.3 is 0 Å². The van der Waals surface area contributed by atoms with Crippen molar-refractivity contribution >= 4 is 9.84 Å². The summed E-state index contributed by atoms with van der Waals surface area (Å²) in [6.07, 6.45) is 0.355. The number of aliphatic hydroxyl groups is 1. The van der Waals surface area contributed by atoms with Crippen molar-refractivity contribution in [1.82, 2.24) is 0 Å². The van der Waals surface area contributed by atoms with E-state index in [4.69, 9.17) is 0 Å². The van der Waals surface area contributed by atoms with Gasteiger partial charge in [0.2, 0.25) is 0 Å². The molecule has 1 aliphatic heterocycles. The molecular weight excluding hydrogens is 212 g/mol. The van der Waals surface area contributed by atoms with Crippen LogP contribution in [-0.4, -0.2) is 24.5 Å². The van der Waals surface area contributed by atoms with E-state index in [0.717, 1.165) is 0 Å². The Morgan fingerprint density at radius 1 is 1.27 bits per heavy atom. The molecule has 0 aliphatic carbocycles. The summed E-state index contributed by atoms with van der Waals surface area (Å²) in [4.78, 5) is 0. The number of aliphatic hydroxyl groups excluding tert-OH is 1. The monoisotopic (exact) mass is 226 g/mol. The minimum absolute atomic E-state index is 0.210. The average molecular weight is 226 g/mol. The fraction of sp³-hybridized carbons (Fsp3) is 0.455. The van der Waals surface area contributed by atoms with Gasteiger partial charge in [0.1, 0.15) is 0 Å². The summed E-state index contributed by atoms with van der Waals surface area (Å²) < 4.78 is 23.2. The first kappa shape index (κ1) is 10.6. The molecular formula is C11H14O3S. The smallest absolute Gasteiger partial charge is 0.156 e. The van der Waals surface area contributed by atoms with E-state index in [1.54, 1.807) is 24.3 Å². The maximum Gasteiger partial charge on any atom is 0.156 e. The van der Waals surface area contributed by atoms with E-state index < -0.39 is 21.2 Å². The summed E-state index contributed by atoms with van der Waals surface area (Å²) in [6, 6.07) is 8.98. The molecule has 1 fully saturated rings. The first-order valence-corrected chi connectivity index (χ1v) is 6.77. The summed E-state index contributed by atoms with van der Waals surface area (Å²) in [7, 11) is -3.08. The highest BCUT2D eigenvalue weighted by atomic mass is 32.2. The molecule has 3 nitrogen and oxygen atoms in total. The molecule has 0 radical (unpaired) electrons. The molecule has 1 heterocycles. The number of sulfone groups is 1. The third-order valence-electron chi connectivity index (χ3n) is 2.87. The third-order valence-corrected chi connectivity index (χ3v) is 5.15. The molecule has 1 aromatic carbocycles. The van der Waals surface area contributed by atoms with E-state index in [9.17, 15) is 13.5 Å². The minimum Gasteiger partial charge on any atom is -0.387 e. The maximum absolute atomic E-state index is 11.6. The summed E-state index contributed by atoms with van der Waals surface area (Å²) in [6.45, 7) is 0. The molecule has 0 aromatic heterocycles. The normalized spacial score (nSPS) is 26.3. The van der Waals surface area contributed by atoms with Gasteiger partial charge in [-0.05, 0) is 18.4 Å². The topological polar surface area (TPSA) is 54.4 Å². The molecule has 4 heteroatoms. The van der Waals surface area contributed by atoms with Crippen molar-refractivity contribution < 1.29 is 13.5 Å². The molecule has 2 atom stereocenters. The Labute approximate surface area is 89.7 Å². The SMILES string of the molecule is O=S1(=O)CCC[C@@H]1[C@H](O)c1ccccc1. The van der Waals surface area contributed by atoms with Crippen LogP contribution in [0, 0.1) is 0 Å². The molecule has 1 aromatic rings. The van der Waals surface area contributed by atoms with Gasteiger partial charge in [0, 0.05) is 0 Å². The number of hydrogen-bond donors (Lipinski definition) is 1. The van der Waals surface area contributed by atoms with E-state index in [1.807, 2.05) is 6.07 Å². The van der Waals surface area contributed by atoms with Crippen molar-refractivity contribution in [3.8, 4) is 0 Å². The Morgan fingerprint density at radius 3 is 2.47 bits per heavy atom. The van der Waals surface area contributed by atoms with E-state index in [0.29, 0.717) is 18.4 Å². The zero-order valence-corrected chi connectivity index (χ0v) is 9.15. The summed E-state index contributed by atoms with van der Waals surface area (Å²) >= 11 is 0. The van der Waals surface area contributed by atoms with E-state index in [-0.39, 0.29) is 5.75 Å². The van der Waals surface area contributed by atoms with Gasteiger partial charge in [0.15, 0.2) is 9.84 Å². The Kier molecular flexibility index (Phi) is 2.80. The molecule has 15 heavy (non-hydrogen) atoms. The quantitative estimate of drug-likeness (QED) is 0.827. The Morgan fingerprint density at radius 2 is 1.93 bits per heavy atom. The van der Waals surface area contributed by atoms with Crippen LogP contribution in [0.1, 0.15) is 24.5 Å². The maximum atomic E-state index is 11.6. The zero-order chi connectivity index (χ0) is 10.9. The zero-order valence-electron chi connectivity index (χ0n) is 8.33. The van der Waals surface area contributed by atoms with Gasteiger partial charge in [0.05, 0.1) is 17.1 Å². The van der Waals surface area contributed by atoms with Crippen molar-refractivity contribution in [2.75, 3.05) is 5.75 Å². The predicted molar refractivity (Wildman–Crippen MR) is 58.2 cm³/mol. The van der Waals surface area contributed by atoms with E-state index in [1.165, 1.54) is 0 Å². The average Bonchev–Trinajstić information content (AvgIpc) is 2.58. The highest BCUT2D eigenvalue weighted by molar-refractivity contribution is 7.92. The van der Waals surface area contributed by atoms with Crippen molar-refractivity contribution in [2.45, 2.75) is 24.2 Å². The summed E-state index contributed by atoms with van der Waals surface area (Å²) in [5.41, 5.74) is 0.688. The second-order valence-corrected chi connectivity index (χ2v) is 6.24. The van der Waals surface area contributed by atoms with Crippen molar-refractivity contribution in [1.29, 1.82) is 0 Å². The van der Waals surface area contributed by atoms with Gasteiger partial charge in [-0.15, -0.1) is 0 Å². The Hall–Kier alpha value is -0.870. The van der Waals surface area contributed by atoms with Crippen LogP contribution >= 0.6 is 0 Å². The lowest BCUT2D eigenvalue weighted by Crippen LogP contribution is -2.24. The molecule has 1 aliphatic rings. The fourth-order valence-electron chi connectivity index (χ4n) is 2.04. The standard InChI is InChI=1S/C11H14O3S/c12-11(9-5-2-1-3-6-9)10-7-4-8-15(10,13)14/h1-3,5-6,10-12H,4,7-8H2/t10-,11-/m1/s1. The van der Waals surface area contributed by atoms with Crippen LogP contribution < -0.4 is 0 Å². The molecule has 0 saturated carbocycles.